The molecule has 0 fully saturated rings. The van der Waals surface area contributed by atoms with E-state index in [1.807, 2.05) is 36.4 Å². The molecule has 2 nitrogen and oxygen atoms in total. The molecule has 0 radical (unpaired) electrons. The Kier molecular flexibility index (Phi) is 4.87. The maximum absolute atomic E-state index is 13.2. The highest BCUT2D eigenvalue weighted by Crippen LogP contribution is 2.14. The van der Waals surface area contributed by atoms with Gasteiger partial charge in [-0.1, -0.05) is 36.1 Å². The van der Waals surface area contributed by atoms with Crippen LogP contribution in [0.1, 0.15) is 21.5 Å². The van der Waals surface area contributed by atoms with Gasteiger partial charge in [-0.25, -0.2) is 8.78 Å². The van der Waals surface area contributed by atoms with Crippen molar-refractivity contribution in [3.05, 3.63) is 101 Å². The fraction of sp³-hybridized carbons (Fsp3) is 0. The van der Waals surface area contributed by atoms with Gasteiger partial charge >= 0.3 is 0 Å². The SMILES string of the molecule is O=C(Nc1cccc(C#Cc2ccccc2)c1)c1ccc(F)c(F)c1. The van der Waals surface area contributed by atoms with Crippen molar-refractivity contribution in [2.75, 3.05) is 5.32 Å². The number of anilines is 1. The van der Waals surface area contributed by atoms with Crippen molar-refractivity contribution in [3.8, 4) is 11.8 Å². The number of benzene rings is 3. The highest BCUT2D eigenvalue weighted by molar-refractivity contribution is 6.04. The van der Waals surface area contributed by atoms with Crippen molar-refractivity contribution in [2.24, 2.45) is 0 Å². The molecule has 0 spiro atoms. The van der Waals surface area contributed by atoms with E-state index in [0.717, 1.165) is 23.3 Å². The topological polar surface area (TPSA) is 29.1 Å². The summed E-state index contributed by atoms with van der Waals surface area (Å²) in [5, 5.41) is 2.65. The van der Waals surface area contributed by atoms with E-state index in [2.05, 4.69) is 17.2 Å². The highest BCUT2D eigenvalue weighted by Gasteiger charge is 2.10. The van der Waals surface area contributed by atoms with Crippen LogP contribution in [0.2, 0.25) is 0 Å². The van der Waals surface area contributed by atoms with E-state index in [4.69, 9.17) is 0 Å². The number of carbonyl (C=O) groups excluding carboxylic acids is 1. The minimum Gasteiger partial charge on any atom is -0.322 e. The molecule has 0 aliphatic carbocycles. The summed E-state index contributed by atoms with van der Waals surface area (Å²) in [6, 6.07) is 19.6. The molecule has 3 aromatic rings. The number of amides is 1. The lowest BCUT2D eigenvalue weighted by Crippen LogP contribution is -2.12. The first kappa shape index (κ1) is 16.4. The van der Waals surface area contributed by atoms with Crippen LogP contribution in [0.25, 0.3) is 0 Å². The Balaban J connectivity index is 1.76. The number of hydrogen-bond donors (Lipinski definition) is 1. The van der Waals surface area contributed by atoms with Gasteiger partial charge in [0.2, 0.25) is 0 Å². The summed E-state index contributed by atoms with van der Waals surface area (Å²) in [5.41, 5.74) is 2.18. The number of nitrogens with one attached hydrogen (secondary N) is 1. The summed E-state index contributed by atoms with van der Waals surface area (Å²) in [7, 11) is 0. The predicted octanol–water partition coefficient (Wildman–Crippen LogP) is 4.62. The fourth-order valence-corrected chi connectivity index (χ4v) is 2.18. The number of rotatable bonds is 2. The Morgan fingerprint density at radius 3 is 2.24 bits per heavy atom. The van der Waals surface area contributed by atoms with E-state index in [9.17, 15) is 13.6 Å². The van der Waals surface area contributed by atoms with E-state index in [1.165, 1.54) is 6.07 Å². The summed E-state index contributed by atoms with van der Waals surface area (Å²) < 4.78 is 26.2. The molecule has 122 valence electrons. The lowest BCUT2D eigenvalue weighted by atomic mass is 10.1. The molecule has 25 heavy (non-hydrogen) atoms. The Morgan fingerprint density at radius 2 is 1.48 bits per heavy atom. The van der Waals surface area contributed by atoms with E-state index < -0.39 is 17.5 Å². The molecule has 1 amide bonds. The Hall–Kier alpha value is -3.45. The monoisotopic (exact) mass is 333 g/mol. The third kappa shape index (κ3) is 4.30. The second-order valence-electron chi connectivity index (χ2n) is 5.28. The maximum Gasteiger partial charge on any atom is 0.255 e. The minimum atomic E-state index is -1.06. The zero-order valence-electron chi connectivity index (χ0n) is 13.1. The molecule has 0 atom stereocenters. The number of halogens is 2. The predicted molar refractivity (Wildman–Crippen MR) is 93.2 cm³/mol. The van der Waals surface area contributed by atoms with Gasteiger partial charge in [0.05, 0.1) is 0 Å². The Bertz CT molecular complexity index is 972. The third-order valence-corrected chi connectivity index (χ3v) is 3.43. The van der Waals surface area contributed by atoms with Gasteiger partial charge < -0.3 is 5.32 Å². The molecule has 0 aliphatic rings. The Morgan fingerprint density at radius 1 is 0.760 bits per heavy atom. The molecule has 0 unspecified atom stereocenters. The van der Waals surface area contributed by atoms with Crippen molar-refractivity contribution < 1.29 is 13.6 Å². The van der Waals surface area contributed by atoms with Crippen LogP contribution in [0, 0.1) is 23.5 Å². The first-order valence-corrected chi connectivity index (χ1v) is 7.55. The molecule has 3 rings (SSSR count). The average molecular weight is 333 g/mol. The van der Waals surface area contributed by atoms with Crippen molar-refractivity contribution in [3.63, 3.8) is 0 Å². The smallest absolute Gasteiger partial charge is 0.255 e. The van der Waals surface area contributed by atoms with Crippen LogP contribution in [0.5, 0.6) is 0 Å². The second kappa shape index (κ2) is 7.41. The molecule has 0 heterocycles. The molecule has 0 aromatic heterocycles. The molecular formula is C21H13F2NO. The van der Waals surface area contributed by atoms with Gasteiger partial charge in [-0.15, -0.1) is 0 Å². The van der Waals surface area contributed by atoms with Gasteiger partial charge in [0.1, 0.15) is 0 Å². The van der Waals surface area contributed by atoms with E-state index in [-0.39, 0.29) is 5.56 Å². The molecule has 0 saturated heterocycles. The molecule has 1 N–H and O–H groups in total. The van der Waals surface area contributed by atoms with Gasteiger partial charge in [-0.2, -0.15) is 0 Å². The molecule has 4 heteroatoms. The van der Waals surface area contributed by atoms with E-state index >= 15 is 0 Å². The highest BCUT2D eigenvalue weighted by atomic mass is 19.2. The van der Waals surface area contributed by atoms with Crippen LogP contribution in [-0.4, -0.2) is 5.91 Å². The zero-order valence-corrected chi connectivity index (χ0v) is 13.1. The average Bonchev–Trinajstić information content (AvgIpc) is 2.63. The minimum absolute atomic E-state index is 0.0414. The fourth-order valence-electron chi connectivity index (χ4n) is 2.18. The first-order chi connectivity index (χ1) is 12.1. The molecule has 0 aliphatic heterocycles. The van der Waals surface area contributed by atoms with Crippen LogP contribution in [0.15, 0.2) is 72.8 Å². The molecule has 0 bridgehead atoms. The van der Waals surface area contributed by atoms with Crippen LogP contribution in [0.3, 0.4) is 0 Å². The summed E-state index contributed by atoms with van der Waals surface area (Å²) in [5.74, 6) is 3.48. The summed E-state index contributed by atoms with van der Waals surface area (Å²) in [6.07, 6.45) is 0. The zero-order chi connectivity index (χ0) is 17.6. The van der Waals surface area contributed by atoms with Crippen LogP contribution >= 0.6 is 0 Å². The standard InChI is InChI=1S/C21H13F2NO/c22-19-12-11-17(14-20(19)23)21(25)24-18-8-4-7-16(13-18)10-9-15-5-2-1-3-6-15/h1-8,11-14H,(H,24,25). The van der Waals surface area contributed by atoms with Gasteiger partial charge in [-0.3, -0.25) is 4.79 Å². The number of hydrogen-bond acceptors (Lipinski definition) is 1. The first-order valence-electron chi connectivity index (χ1n) is 7.55. The van der Waals surface area contributed by atoms with Crippen molar-refractivity contribution >= 4 is 11.6 Å². The van der Waals surface area contributed by atoms with Gasteiger partial charge in [0.15, 0.2) is 11.6 Å². The maximum atomic E-state index is 13.2. The van der Waals surface area contributed by atoms with Crippen molar-refractivity contribution in [2.45, 2.75) is 0 Å². The van der Waals surface area contributed by atoms with Gasteiger partial charge in [0, 0.05) is 22.4 Å². The Labute approximate surface area is 144 Å². The molecule has 0 saturated carbocycles. The van der Waals surface area contributed by atoms with Gasteiger partial charge in [0.25, 0.3) is 5.91 Å². The largest absolute Gasteiger partial charge is 0.322 e. The lowest BCUT2D eigenvalue weighted by molar-refractivity contribution is 0.102. The van der Waals surface area contributed by atoms with E-state index in [0.29, 0.717) is 5.69 Å². The van der Waals surface area contributed by atoms with Crippen molar-refractivity contribution in [1.29, 1.82) is 0 Å². The molecular weight excluding hydrogens is 320 g/mol. The summed E-state index contributed by atoms with van der Waals surface area (Å²) in [6.45, 7) is 0. The normalized spacial score (nSPS) is 9.84. The van der Waals surface area contributed by atoms with Crippen LogP contribution < -0.4 is 5.32 Å². The second-order valence-corrected chi connectivity index (χ2v) is 5.28. The van der Waals surface area contributed by atoms with E-state index in [1.54, 1.807) is 18.2 Å². The quantitative estimate of drug-likeness (QED) is 0.681. The summed E-state index contributed by atoms with van der Waals surface area (Å²) in [4.78, 5) is 12.1. The molecule has 3 aromatic carbocycles. The summed E-state index contributed by atoms with van der Waals surface area (Å²) >= 11 is 0. The lowest BCUT2D eigenvalue weighted by Gasteiger charge is -2.06. The van der Waals surface area contributed by atoms with Crippen LogP contribution in [0.4, 0.5) is 14.5 Å². The van der Waals surface area contributed by atoms with Crippen molar-refractivity contribution in [1.82, 2.24) is 0 Å². The van der Waals surface area contributed by atoms with Crippen LogP contribution in [-0.2, 0) is 0 Å². The number of carbonyl (C=O) groups is 1. The third-order valence-electron chi connectivity index (χ3n) is 3.43. The van der Waals surface area contributed by atoms with Gasteiger partial charge in [-0.05, 0) is 48.5 Å².